The number of thiophene rings is 1. The normalized spacial score (nSPS) is 10.9. The minimum atomic E-state index is 0.272. The van der Waals surface area contributed by atoms with Gasteiger partial charge in [-0.3, -0.25) is 4.79 Å². The number of carbonyl (C=O) groups excluding carboxylic acids is 1. The van der Waals surface area contributed by atoms with Crippen molar-refractivity contribution in [1.29, 1.82) is 0 Å². The predicted octanol–water partition coefficient (Wildman–Crippen LogP) is 3.05. The Kier molecular flexibility index (Phi) is 5.58. The van der Waals surface area contributed by atoms with Gasteiger partial charge in [-0.2, -0.15) is 0 Å². The Morgan fingerprint density at radius 2 is 2.27 bits per heavy atom. The number of hydrogen-bond acceptors (Lipinski definition) is 3. The lowest BCUT2D eigenvalue weighted by molar-refractivity contribution is 0.0973. The second kappa shape index (κ2) is 6.75. The standard InChI is InChI=1S/C12H19NOS/c1-3-4-8-13(2)9-7-11(14)12-6-5-10-15-12/h5-6,10H,3-4,7-9H2,1-2H3. The van der Waals surface area contributed by atoms with E-state index in [2.05, 4.69) is 18.9 Å². The van der Waals surface area contributed by atoms with E-state index in [9.17, 15) is 4.79 Å². The molecule has 0 spiro atoms. The molecule has 0 saturated carbocycles. The van der Waals surface area contributed by atoms with Gasteiger partial charge in [-0.15, -0.1) is 11.3 Å². The first kappa shape index (κ1) is 12.4. The third-order valence-electron chi connectivity index (χ3n) is 2.41. The van der Waals surface area contributed by atoms with Crippen molar-refractivity contribution in [2.45, 2.75) is 26.2 Å². The van der Waals surface area contributed by atoms with E-state index >= 15 is 0 Å². The first-order chi connectivity index (χ1) is 7.24. The maximum absolute atomic E-state index is 11.7. The Bertz CT molecular complexity index is 282. The van der Waals surface area contributed by atoms with Gasteiger partial charge in [0.1, 0.15) is 0 Å². The SMILES string of the molecule is CCCCN(C)CCC(=O)c1cccs1. The lowest BCUT2D eigenvalue weighted by Crippen LogP contribution is -2.22. The van der Waals surface area contributed by atoms with Gasteiger partial charge in [-0.25, -0.2) is 0 Å². The summed E-state index contributed by atoms with van der Waals surface area (Å²) in [6.07, 6.45) is 3.06. The fourth-order valence-corrected chi connectivity index (χ4v) is 2.09. The van der Waals surface area contributed by atoms with Crippen LogP contribution in [0.15, 0.2) is 17.5 Å². The number of Topliss-reactive ketones (excluding diaryl/α,β-unsaturated/α-hetero) is 1. The molecule has 0 unspecified atom stereocenters. The largest absolute Gasteiger partial charge is 0.306 e. The Morgan fingerprint density at radius 1 is 1.47 bits per heavy atom. The number of nitrogens with zero attached hydrogens (tertiary/aromatic N) is 1. The minimum Gasteiger partial charge on any atom is -0.306 e. The minimum absolute atomic E-state index is 0.272. The van der Waals surface area contributed by atoms with Crippen LogP contribution in [-0.4, -0.2) is 30.8 Å². The highest BCUT2D eigenvalue weighted by atomic mass is 32.1. The van der Waals surface area contributed by atoms with Crippen molar-refractivity contribution in [3.63, 3.8) is 0 Å². The fraction of sp³-hybridized carbons (Fsp3) is 0.583. The average molecular weight is 225 g/mol. The van der Waals surface area contributed by atoms with Crippen LogP contribution < -0.4 is 0 Å². The number of rotatable bonds is 7. The number of ketones is 1. The first-order valence-corrected chi connectivity index (χ1v) is 6.37. The van der Waals surface area contributed by atoms with Crippen LogP contribution in [0.1, 0.15) is 35.9 Å². The summed E-state index contributed by atoms with van der Waals surface area (Å²) in [5.74, 6) is 0.272. The van der Waals surface area contributed by atoms with Gasteiger partial charge in [-0.1, -0.05) is 19.4 Å². The molecule has 1 heterocycles. The lowest BCUT2D eigenvalue weighted by atomic mass is 10.2. The second-order valence-corrected chi connectivity index (χ2v) is 4.76. The fourth-order valence-electron chi connectivity index (χ4n) is 1.39. The van der Waals surface area contributed by atoms with Gasteiger partial charge in [0, 0.05) is 13.0 Å². The quantitative estimate of drug-likeness (QED) is 0.665. The van der Waals surface area contributed by atoms with E-state index in [1.165, 1.54) is 24.2 Å². The van der Waals surface area contributed by atoms with E-state index in [1.807, 2.05) is 17.5 Å². The molecule has 2 nitrogen and oxygen atoms in total. The van der Waals surface area contributed by atoms with Gasteiger partial charge in [-0.05, 0) is 31.5 Å². The van der Waals surface area contributed by atoms with Crippen molar-refractivity contribution in [3.8, 4) is 0 Å². The molecule has 0 aliphatic heterocycles. The lowest BCUT2D eigenvalue weighted by Gasteiger charge is -2.14. The molecule has 0 aliphatic rings. The zero-order valence-corrected chi connectivity index (χ0v) is 10.3. The molecule has 0 aromatic carbocycles. The molecule has 0 aliphatic carbocycles. The van der Waals surface area contributed by atoms with E-state index in [4.69, 9.17) is 0 Å². The van der Waals surface area contributed by atoms with Crippen LogP contribution in [0.2, 0.25) is 0 Å². The molecule has 0 atom stereocenters. The zero-order chi connectivity index (χ0) is 11.1. The van der Waals surface area contributed by atoms with E-state index in [0.29, 0.717) is 6.42 Å². The van der Waals surface area contributed by atoms with E-state index in [1.54, 1.807) is 0 Å². The third kappa shape index (κ3) is 4.58. The van der Waals surface area contributed by atoms with Crippen LogP contribution in [0.25, 0.3) is 0 Å². The molecule has 0 radical (unpaired) electrons. The summed E-state index contributed by atoms with van der Waals surface area (Å²) >= 11 is 1.53. The molecule has 1 aromatic heterocycles. The zero-order valence-electron chi connectivity index (χ0n) is 9.53. The van der Waals surface area contributed by atoms with Crippen molar-refractivity contribution in [1.82, 2.24) is 4.90 Å². The number of unbranched alkanes of at least 4 members (excludes halogenated alkanes) is 1. The summed E-state index contributed by atoms with van der Waals surface area (Å²) in [6, 6.07) is 3.83. The van der Waals surface area contributed by atoms with Gasteiger partial charge < -0.3 is 4.90 Å². The number of carbonyl (C=O) groups is 1. The van der Waals surface area contributed by atoms with Crippen LogP contribution in [0, 0.1) is 0 Å². The molecular weight excluding hydrogens is 206 g/mol. The highest BCUT2D eigenvalue weighted by Gasteiger charge is 2.07. The summed E-state index contributed by atoms with van der Waals surface area (Å²) in [7, 11) is 2.08. The maximum Gasteiger partial charge on any atom is 0.174 e. The monoisotopic (exact) mass is 225 g/mol. The van der Waals surface area contributed by atoms with Gasteiger partial charge in [0.05, 0.1) is 4.88 Å². The third-order valence-corrected chi connectivity index (χ3v) is 3.32. The molecule has 3 heteroatoms. The van der Waals surface area contributed by atoms with Crippen molar-refractivity contribution < 1.29 is 4.79 Å². The summed E-state index contributed by atoms with van der Waals surface area (Å²) in [6.45, 7) is 4.15. The van der Waals surface area contributed by atoms with Gasteiger partial charge in [0.2, 0.25) is 0 Å². The summed E-state index contributed by atoms with van der Waals surface area (Å²) in [5, 5.41) is 1.95. The van der Waals surface area contributed by atoms with Crippen molar-refractivity contribution in [2.75, 3.05) is 20.1 Å². The average Bonchev–Trinajstić information content (AvgIpc) is 2.76. The van der Waals surface area contributed by atoms with Gasteiger partial charge >= 0.3 is 0 Å². The Balaban J connectivity index is 2.22. The topological polar surface area (TPSA) is 20.3 Å². The molecule has 0 saturated heterocycles. The Hall–Kier alpha value is -0.670. The van der Waals surface area contributed by atoms with Crippen molar-refractivity contribution >= 4 is 17.1 Å². The molecule has 1 rings (SSSR count). The Morgan fingerprint density at radius 3 is 2.87 bits per heavy atom. The molecule has 0 bridgehead atoms. The second-order valence-electron chi connectivity index (χ2n) is 3.81. The molecular formula is C12H19NOS. The van der Waals surface area contributed by atoms with Crippen LogP contribution in [0.5, 0.6) is 0 Å². The highest BCUT2D eigenvalue weighted by Crippen LogP contribution is 2.11. The predicted molar refractivity (Wildman–Crippen MR) is 65.7 cm³/mol. The Labute approximate surface area is 95.9 Å². The first-order valence-electron chi connectivity index (χ1n) is 5.49. The van der Waals surface area contributed by atoms with Gasteiger partial charge in [0.15, 0.2) is 5.78 Å². The van der Waals surface area contributed by atoms with Crippen molar-refractivity contribution in [3.05, 3.63) is 22.4 Å². The maximum atomic E-state index is 11.7. The van der Waals surface area contributed by atoms with Crippen LogP contribution in [0.4, 0.5) is 0 Å². The summed E-state index contributed by atoms with van der Waals surface area (Å²) < 4.78 is 0. The van der Waals surface area contributed by atoms with Gasteiger partial charge in [0.25, 0.3) is 0 Å². The van der Waals surface area contributed by atoms with Crippen molar-refractivity contribution in [2.24, 2.45) is 0 Å². The van der Waals surface area contributed by atoms with Crippen LogP contribution in [0.3, 0.4) is 0 Å². The van der Waals surface area contributed by atoms with E-state index in [-0.39, 0.29) is 5.78 Å². The summed E-state index contributed by atoms with van der Waals surface area (Å²) in [4.78, 5) is 14.8. The van der Waals surface area contributed by atoms with Crippen LogP contribution >= 0.6 is 11.3 Å². The number of hydrogen-bond donors (Lipinski definition) is 0. The molecule has 0 fully saturated rings. The highest BCUT2D eigenvalue weighted by molar-refractivity contribution is 7.12. The van der Waals surface area contributed by atoms with E-state index in [0.717, 1.165) is 18.0 Å². The smallest absolute Gasteiger partial charge is 0.174 e. The molecule has 0 amide bonds. The van der Waals surface area contributed by atoms with E-state index < -0.39 is 0 Å². The molecule has 15 heavy (non-hydrogen) atoms. The molecule has 84 valence electrons. The van der Waals surface area contributed by atoms with Crippen LogP contribution in [-0.2, 0) is 0 Å². The molecule has 0 N–H and O–H groups in total. The summed E-state index contributed by atoms with van der Waals surface area (Å²) in [5.41, 5.74) is 0. The molecule has 1 aromatic rings.